The van der Waals surface area contributed by atoms with Crippen LogP contribution in [0.5, 0.6) is 5.75 Å². The quantitative estimate of drug-likeness (QED) is 0.657. The van der Waals surface area contributed by atoms with Crippen LogP contribution in [-0.4, -0.2) is 47.9 Å². The van der Waals surface area contributed by atoms with E-state index in [9.17, 15) is 14.4 Å². The summed E-state index contributed by atoms with van der Waals surface area (Å²) in [7, 11) is 0. The van der Waals surface area contributed by atoms with Crippen molar-refractivity contribution in [2.24, 2.45) is 5.92 Å². The highest BCUT2D eigenvalue weighted by molar-refractivity contribution is 6.00. The maximum Gasteiger partial charge on any atom is 0.260 e. The third kappa shape index (κ3) is 6.02. The van der Waals surface area contributed by atoms with Gasteiger partial charge in [0.05, 0.1) is 5.92 Å². The van der Waals surface area contributed by atoms with E-state index in [4.69, 9.17) is 4.74 Å². The van der Waals surface area contributed by atoms with Crippen molar-refractivity contribution in [2.45, 2.75) is 65.1 Å². The van der Waals surface area contributed by atoms with Gasteiger partial charge in [0, 0.05) is 37.3 Å². The number of nitrogens with zero attached hydrogens (tertiary/aromatic N) is 2. The third-order valence-electron chi connectivity index (χ3n) is 7.08. The van der Waals surface area contributed by atoms with Crippen LogP contribution >= 0.6 is 0 Å². The number of aryl methyl sites for hydroxylation is 1. The molecule has 4 rings (SSSR count). The minimum Gasteiger partial charge on any atom is -0.484 e. The molecule has 2 aliphatic heterocycles. The molecule has 35 heavy (non-hydrogen) atoms. The van der Waals surface area contributed by atoms with E-state index in [1.54, 1.807) is 29.2 Å². The lowest BCUT2D eigenvalue weighted by molar-refractivity contribution is -0.139. The molecule has 2 heterocycles. The van der Waals surface area contributed by atoms with Crippen LogP contribution in [-0.2, 0) is 20.9 Å². The monoisotopic (exact) mass is 477 g/mol. The normalized spacial score (nSPS) is 22.3. The summed E-state index contributed by atoms with van der Waals surface area (Å²) in [5, 5.41) is 2.95. The van der Waals surface area contributed by atoms with Gasteiger partial charge >= 0.3 is 0 Å². The third-order valence-corrected chi connectivity index (χ3v) is 7.08. The standard InChI is InChI=1S/C28H35N3O4/c1-19-7-9-22(10-8-19)16-29-28(34)23-15-26(32)30(17-23)24-11-13-25(14-12-24)35-18-27(33)31-20(2)5-4-6-21(31)3/h7-14,20-21,23H,4-6,15-18H2,1-3H3,(H,29,34)/t20-,21-,23+/m0/s1. The van der Waals surface area contributed by atoms with Gasteiger partial charge in [-0.25, -0.2) is 0 Å². The van der Waals surface area contributed by atoms with Crippen LogP contribution in [0, 0.1) is 12.8 Å². The maximum absolute atomic E-state index is 12.7. The fourth-order valence-corrected chi connectivity index (χ4v) is 5.03. The summed E-state index contributed by atoms with van der Waals surface area (Å²) >= 11 is 0. The molecule has 2 aromatic rings. The van der Waals surface area contributed by atoms with Crippen molar-refractivity contribution in [3.05, 3.63) is 59.7 Å². The smallest absolute Gasteiger partial charge is 0.260 e. The summed E-state index contributed by atoms with van der Waals surface area (Å²) in [4.78, 5) is 41.5. The molecule has 2 aliphatic rings. The largest absolute Gasteiger partial charge is 0.484 e. The Morgan fingerprint density at radius 1 is 1.00 bits per heavy atom. The summed E-state index contributed by atoms with van der Waals surface area (Å²) in [6.07, 6.45) is 3.40. The Morgan fingerprint density at radius 3 is 2.31 bits per heavy atom. The molecular formula is C28H35N3O4. The zero-order valence-electron chi connectivity index (χ0n) is 20.8. The van der Waals surface area contributed by atoms with Crippen LogP contribution < -0.4 is 15.0 Å². The molecule has 0 saturated carbocycles. The Balaban J connectivity index is 1.28. The molecule has 0 aromatic heterocycles. The first-order valence-electron chi connectivity index (χ1n) is 12.5. The molecule has 0 spiro atoms. The molecule has 0 unspecified atom stereocenters. The number of ether oxygens (including phenoxy) is 1. The summed E-state index contributed by atoms with van der Waals surface area (Å²) in [5.74, 6) is 0.0231. The summed E-state index contributed by atoms with van der Waals surface area (Å²) in [5.41, 5.74) is 2.93. The number of carbonyl (C=O) groups excluding carboxylic acids is 3. The van der Waals surface area contributed by atoms with E-state index in [0.717, 1.165) is 30.5 Å². The first kappa shape index (κ1) is 24.8. The number of benzene rings is 2. The van der Waals surface area contributed by atoms with Crippen molar-refractivity contribution in [3.63, 3.8) is 0 Å². The molecule has 0 bridgehead atoms. The molecule has 7 heteroatoms. The second-order valence-electron chi connectivity index (χ2n) is 9.82. The highest BCUT2D eigenvalue weighted by Crippen LogP contribution is 2.27. The number of piperidine rings is 1. The minimum absolute atomic E-state index is 0.0000995. The number of nitrogens with one attached hydrogen (secondary N) is 1. The van der Waals surface area contributed by atoms with E-state index in [1.807, 2.05) is 36.1 Å². The van der Waals surface area contributed by atoms with Crippen molar-refractivity contribution < 1.29 is 19.1 Å². The first-order chi connectivity index (χ1) is 16.8. The fraction of sp³-hybridized carbons (Fsp3) is 0.464. The topological polar surface area (TPSA) is 79.0 Å². The Labute approximate surface area is 207 Å². The molecule has 0 radical (unpaired) electrons. The van der Waals surface area contributed by atoms with Crippen LogP contribution in [0.3, 0.4) is 0 Å². The number of carbonyl (C=O) groups is 3. The second-order valence-corrected chi connectivity index (χ2v) is 9.82. The van der Waals surface area contributed by atoms with Gasteiger partial charge in [-0.05, 0) is 69.9 Å². The molecule has 1 N–H and O–H groups in total. The average Bonchev–Trinajstić information content (AvgIpc) is 3.24. The predicted octanol–water partition coefficient (Wildman–Crippen LogP) is 3.83. The highest BCUT2D eigenvalue weighted by Gasteiger charge is 2.35. The second kappa shape index (κ2) is 10.9. The Morgan fingerprint density at radius 2 is 1.66 bits per heavy atom. The SMILES string of the molecule is Cc1ccc(CNC(=O)[C@@H]2CC(=O)N(c3ccc(OCC(=O)N4[C@@H](C)CCC[C@@H]4C)cc3)C2)cc1. The van der Waals surface area contributed by atoms with Gasteiger partial charge < -0.3 is 19.9 Å². The summed E-state index contributed by atoms with van der Waals surface area (Å²) < 4.78 is 5.74. The molecule has 186 valence electrons. The van der Waals surface area contributed by atoms with E-state index in [-0.39, 0.29) is 48.8 Å². The number of hydrogen-bond donors (Lipinski definition) is 1. The van der Waals surface area contributed by atoms with Crippen molar-refractivity contribution >= 4 is 23.4 Å². The van der Waals surface area contributed by atoms with Crippen molar-refractivity contribution in [2.75, 3.05) is 18.1 Å². The first-order valence-corrected chi connectivity index (χ1v) is 12.5. The number of amides is 3. The van der Waals surface area contributed by atoms with Crippen molar-refractivity contribution in [3.8, 4) is 5.75 Å². The average molecular weight is 478 g/mol. The number of likely N-dealkylation sites (tertiary alicyclic amines) is 1. The van der Waals surface area contributed by atoms with Gasteiger partial charge in [-0.1, -0.05) is 29.8 Å². The van der Waals surface area contributed by atoms with E-state index >= 15 is 0 Å². The number of rotatable bonds is 7. The molecule has 7 nitrogen and oxygen atoms in total. The van der Waals surface area contributed by atoms with E-state index in [2.05, 4.69) is 19.2 Å². The number of anilines is 1. The van der Waals surface area contributed by atoms with Crippen LogP contribution in [0.1, 0.15) is 50.7 Å². The van der Waals surface area contributed by atoms with Gasteiger partial charge in [0.15, 0.2) is 6.61 Å². The molecule has 0 aliphatic carbocycles. The van der Waals surface area contributed by atoms with E-state index in [1.165, 1.54) is 5.56 Å². The Bertz CT molecular complexity index is 1040. The molecule has 2 fully saturated rings. The summed E-state index contributed by atoms with van der Waals surface area (Å²) in [6, 6.07) is 15.6. The molecular weight excluding hydrogens is 442 g/mol. The van der Waals surface area contributed by atoms with Gasteiger partial charge in [-0.15, -0.1) is 0 Å². The lowest BCUT2D eigenvalue weighted by Gasteiger charge is -2.38. The van der Waals surface area contributed by atoms with Gasteiger partial charge in [0.25, 0.3) is 5.91 Å². The Kier molecular flexibility index (Phi) is 7.73. The zero-order valence-corrected chi connectivity index (χ0v) is 20.8. The van der Waals surface area contributed by atoms with Gasteiger partial charge in [0.2, 0.25) is 11.8 Å². The number of hydrogen-bond acceptors (Lipinski definition) is 4. The van der Waals surface area contributed by atoms with Crippen molar-refractivity contribution in [1.29, 1.82) is 0 Å². The maximum atomic E-state index is 12.7. The van der Waals surface area contributed by atoms with Crippen LogP contribution in [0.25, 0.3) is 0 Å². The minimum atomic E-state index is -0.380. The van der Waals surface area contributed by atoms with Gasteiger partial charge in [0.1, 0.15) is 5.75 Å². The van der Waals surface area contributed by atoms with Crippen LogP contribution in [0.4, 0.5) is 5.69 Å². The predicted molar refractivity (Wildman–Crippen MR) is 135 cm³/mol. The zero-order chi connectivity index (χ0) is 24.9. The molecule has 3 amide bonds. The Hall–Kier alpha value is -3.35. The van der Waals surface area contributed by atoms with Crippen LogP contribution in [0.15, 0.2) is 48.5 Å². The summed E-state index contributed by atoms with van der Waals surface area (Å²) in [6.45, 7) is 7.00. The fourth-order valence-electron chi connectivity index (χ4n) is 5.03. The van der Waals surface area contributed by atoms with E-state index < -0.39 is 0 Å². The van der Waals surface area contributed by atoms with Gasteiger partial charge in [-0.3, -0.25) is 14.4 Å². The molecule has 3 atom stereocenters. The van der Waals surface area contributed by atoms with E-state index in [0.29, 0.717) is 18.8 Å². The van der Waals surface area contributed by atoms with Crippen LogP contribution in [0.2, 0.25) is 0 Å². The molecule has 2 saturated heterocycles. The van der Waals surface area contributed by atoms with Gasteiger partial charge in [-0.2, -0.15) is 0 Å². The molecule has 2 aromatic carbocycles. The lowest BCUT2D eigenvalue weighted by Crippen LogP contribution is -2.49. The lowest BCUT2D eigenvalue weighted by atomic mass is 9.97. The van der Waals surface area contributed by atoms with Crippen molar-refractivity contribution in [1.82, 2.24) is 10.2 Å². The highest BCUT2D eigenvalue weighted by atomic mass is 16.5.